The van der Waals surface area contributed by atoms with Gasteiger partial charge in [-0.25, -0.2) is 0 Å². The summed E-state index contributed by atoms with van der Waals surface area (Å²) in [6.45, 7) is 0. The third-order valence-corrected chi connectivity index (χ3v) is 4.06. The molecule has 1 amide bonds. The molecule has 1 aliphatic rings. The number of rotatable bonds is 4. The van der Waals surface area contributed by atoms with Crippen LogP contribution in [0.4, 0.5) is 5.95 Å². The summed E-state index contributed by atoms with van der Waals surface area (Å²) >= 11 is 0. The first kappa shape index (κ1) is 13.6. The van der Waals surface area contributed by atoms with E-state index in [0.29, 0.717) is 5.95 Å². The van der Waals surface area contributed by atoms with E-state index < -0.39 is 0 Å². The van der Waals surface area contributed by atoms with Crippen molar-refractivity contribution < 1.29 is 4.79 Å². The fraction of sp³-hybridized carbons (Fsp3) is 0.176. The van der Waals surface area contributed by atoms with Crippen molar-refractivity contribution in [3.63, 3.8) is 0 Å². The Kier molecular flexibility index (Phi) is 3.34. The number of para-hydroxylation sites is 1. The molecule has 0 bridgehead atoms. The molecule has 23 heavy (non-hydrogen) atoms. The maximum atomic E-state index is 12.4. The van der Waals surface area contributed by atoms with Gasteiger partial charge in [0.2, 0.25) is 11.9 Å². The van der Waals surface area contributed by atoms with Crippen molar-refractivity contribution in [1.29, 1.82) is 0 Å². The number of carbonyl (C=O) groups excluding carboxylic acids is 1. The summed E-state index contributed by atoms with van der Waals surface area (Å²) in [5.74, 6) is 0.638. The zero-order valence-electron chi connectivity index (χ0n) is 12.3. The molecule has 4 rings (SSSR count). The number of amides is 1. The molecule has 2 atom stereocenters. The third-order valence-electron chi connectivity index (χ3n) is 4.06. The van der Waals surface area contributed by atoms with Crippen LogP contribution in [-0.2, 0) is 4.79 Å². The number of carbonyl (C=O) groups is 1. The zero-order valence-corrected chi connectivity index (χ0v) is 12.3. The molecule has 1 aromatic carbocycles. The molecule has 0 aliphatic heterocycles. The van der Waals surface area contributed by atoms with Gasteiger partial charge in [0.25, 0.3) is 0 Å². The molecule has 2 aromatic heterocycles. The molecule has 0 spiro atoms. The topological polar surface area (TPSA) is 72.7 Å². The molecule has 2 heterocycles. The maximum Gasteiger partial charge on any atom is 0.235 e. The molecular formula is C17H15N5O. The van der Waals surface area contributed by atoms with Crippen LogP contribution in [0.1, 0.15) is 17.9 Å². The van der Waals surface area contributed by atoms with E-state index in [1.807, 2.05) is 48.7 Å². The van der Waals surface area contributed by atoms with E-state index in [1.165, 1.54) is 0 Å². The molecule has 1 N–H and O–H groups in total. The predicted octanol–water partition coefficient (Wildman–Crippen LogP) is 2.40. The first-order valence-corrected chi connectivity index (χ1v) is 7.49. The summed E-state index contributed by atoms with van der Waals surface area (Å²) in [4.78, 5) is 16.5. The minimum Gasteiger partial charge on any atom is -0.294 e. The van der Waals surface area contributed by atoms with E-state index in [2.05, 4.69) is 20.5 Å². The van der Waals surface area contributed by atoms with Gasteiger partial charge >= 0.3 is 0 Å². The Balaban J connectivity index is 1.48. The van der Waals surface area contributed by atoms with Crippen molar-refractivity contribution in [3.05, 3.63) is 66.7 Å². The minimum atomic E-state index is -0.0277. The zero-order chi connectivity index (χ0) is 15.6. The van der Waals surface area contributed by atoms with Crippen LogP contribution in [0.25, 0.3) is 5.69 Å². The number of benzene rings is 1. The van der Waals surface area contributed by atoms with E-state index in [9.17, 15) is 4.79 Å². The van der Waals surface area contributed by atoms with Crippen molar-refractivity contribution in [2.24, 2.45) is 5.92 Å². The highest BCUT2D eigenvalue weighted by molar-refractivity contribution is 5.94. The van der Waals surface area contributed by atoms with Gasteiger partial charge in [0.15, 0.2) is 0 Å². The Bertz CT molecular complexity index is 815. The first-order valence-electron chi connectivity index (χ1n) is 7.49. The van der Waals surface area contributed by atoms with Gasteiger partial charge in [0.05, 0.1) is 5.69 Å². The third kappa shape index (κ3) is 2.70. The second-order valence-corrected chi connectivity index (χ2v) is 5.58. The van der Waals surface area contributed by atoms with Gasteiger partial charge in [0, 0.05) is 18.3 Å². The second-order valence-electron chi connectivity index (χ2n) is 5.58. The van der Waals surface area contributed by atoms with Crippen LogP contribution < -0.4 is 5.32 Å². The Morgan fingerprint density at radius 1 is 1.17 bits per heavy atom. The normalized spacial score (nSPS) is 19.3. The molecule has 1 saturated carbocycles. The standard InChI is InChI=1S/C17H15N5O/c23-16(15-9-14(15)12-5-4-8-18-10-12)20-17-21-19-11-22(17)13-6-2-1-3-7-13/h1-8,10-11,14-15H,9H2,(H,20,21,23)/t14-,15+/m0/s1. The molecule has 0 radical (unpaired) electrons. The van der Waals surface area contributed by atoms with Gasteiger partial charge < -0.3 is 0 Å². The molecular weight excluding hydrogens is 290 g/mol. The molecule has 6 nitrogen and oxygen atoms in total. The van der Waals surface area contributed by atoms with Gasteiger partial charge in [-0.2, -0.15) is 0 Å². The van der Waals surface area contributed by atoms with Crippen LogP contribution in [0.3, 0.4) is 0 Å². The SMILES string of the molecule is O=C(Nc1nncn1-c1ccccc1)[C@@H]1C[C@H]1c1cccnc1. The fourth-order valence-corrected chi connectivity index (χ4v) is 2.75. The van der Waals surface area contributed by atoms with Crippen LogP contribution >= 0.6 is 0 Å². The van der Waals surface area contributed by atoms with Gasteiger partial charge in [-0.1, -0.05) is 24.3 Å². The highest BCUT2D eigenvalue weighted by Crippen LogP contribution is 2.47. The Labute approximate surface area is 133 Å². The highest BCUT2D eigenvalue weighted by Gasteiger charge is 2.44. The quantitative estimate of drug-likeness (QED) is 0.803. The number of anilines is 1. The van der Waals surface area contributed by atoms with Crippen molar-refractivity contribution in [2.75, 3.05) is 5.32 Å². The number of hydrogen-bond donors (Lipinski definition) is 1. The van der Waals surface area contributed by atoms with Gasteiger partial charge in [-0.3, -0.25) is 19.7 Å². The number of nitrogens with zero attached hydrogens (tertiary/aromatic N) is 4. The van der Waals surface area contributed by atoms with Crippen molar-refractivity contribution in [3.8, 4) is 5.69 Å². The van der Waals surface area contributed by atoms with E-state index >= 15 is 0 Å². The molecule has 6 heteroatoms. The average Bonchev–Trinajstić information content (AvgIpc) is 3.29. The monoisotopic (exact) mass is 305 g/mol. The van der Waals surface area contributed by atoms with Gasteiger partial charge in [0.1, 0.15) is 6.33 Å². The first-order chi connectivity index (χ1) is 11.3. The smallest absolute Gasteiger partial charge is 0.235 e. The van der Waals surface area contributed by atoms with E-state index in [-0.39, 0.29) is 17.7 Å². The molecule has 0 saturated heterocycles. The second kappa shape index (κ2) is 5.64. The van der Waals surface area contributed by atoms with Crippen molar-refractivity contribution in [2.45, 2.75) is 12.3 Å². The van der Waals surface area contributed by atoms with Crippen LogP contribution in [0.5, 0.6) is 0 Å². The van der Waals surface area contributed by atoms with Gasteiger partial charge in [-0.05, 0) is 36.1 Å². The Morgan fingerprint density at radius 3 is 2.83 bits per heavy atom. The van der Waals surface area contributed by atoms with Crippen LogP contribution in [-0.4, -0.2) is 25.7 Å². The Morgan fingerprint density at radius 2 is 2.04 bits per heavy atom. The summed E-state index contributed by atoms with van der Waals surface area (Å²) in [5.41, 5.74) is 2.02. The number of nitrogens with one attached hydrogen (secondary N) is 1. The van der Waals surface area contributed by atoms with E-state index in [1.54, 1.807) is 17.1 Å². The summed E-state index contributed by atoms with van der Waals surface area (Å²) < 4.78 is 1.76. The molecule has 0 unspecified atom stereocenters. The minimum absolute atomic E-state index is 0.0240. The highest BCUT2D eigenvalue weighted by atomic mass is 16.2. The lowest BCUT2D eigenvalue weighted by atomic mass is 10.1. The molecule has 1 aliphatic carbocycles. The molecule has 1 fully saturated rings. The summed E-state index contributed by atoms with van der Waals surface area (Å²) in [6.07, 6.45) is 6.00. The summed E-state index contributed by atoms with van der Waals surface area (Å²) in [6, 6.07) is 13.6. The predicted molar refractivity (Wildman–Crippen MR) is 85.1 cm³/mol. The number of pyridine rings is 1. The van der Waals surface area contributed by atoms with Gasteiger partial charge in [-0.15, -0.1) is 10.2 Å². The van der Waals surface area contributed by atoms with Crippen LogP contribution in [0.15, 0.2) is 61.2 Å². The van der Waals surface area contributed by atoms with Crippen molar-refractivity contribution >= 4 is 11.9 Å². The lowest BCUT2D eigenvalue weighted by molar-refractivity contribution is -0.117. The fourth-order valence-electron chi connectivity index (χ4n) is 2.75. The summed E-state index contributed by atoms with van der Waals surface area (Å²) in [7, 11) is 0. The number of aromatic nitrogens is 4. The van der Waals surface area contributed by atoms with E-state index in [0.717, 1.165) is 17.7 Å². The van der Waals surface area contributed by atoms with Crippen molar-refractivity contribution in [1.82, 2.24) is 19.7 Å². The lowest BCUT2D eigenvalue weighted by Gasteiger charge is -2.07. The summed E-state index contributed by atoms with van der Waals surface area (Å²) in [5, 5.41) is 10.8. The lowest BCUT2D eigenvalue weighted by Crippen LogP contribution is -2.17. The molecule has 3 aromatic rings. The Hall–Kier alpha value is -3.02. The van der Waals surface area contributed by atoms with Crippen LogP contribution in [0, 0.1) is 5.92 Å². The average molecular weight is 305 g/mol. The number of hydrogen-bond acceptors (Lipinski definition) is 4. The van der Waals surface area contributed by atoms with Crippen LogP contribution in [0.2, 0.25) is 0 Å². The maximum absolute atomic E-state index is 12.4. The molecule has 114 valence electrons. The largest absolute Gasteiger partial charge is 0.294 e. The van der Waals surface area contributed by atoms with E-state index in [4.69, 9.17) is 0 Å².